The van der Waals surface area contributed by atoms with Crippen LogP contribution in [0.5, 0.6) is 5.75 Å². The zero-order valence-electron chi connectivity index (χ0n) is 15.0. The third-order valence-electron chi connectivity index (χ3n) is 5.05. The van der Waals surface area contributed by atoms with Crippen molar-refractivity contribution in [1.29, 1.82) is 0 Å². The molecule has 0 N–H and O–H groups in total. The van der Waals surface area contributed by atoms with Crippen molar-refractivity contribution in [3.63, 3.8) is 0 Å². The van der Waals surface area contributed by atoms with E-state index in [9.17, 15) is 18.0 Å². The molecular weight excluding hydrogens is 373 g/mol. The first-order chi connectivity index (χ1) is 13.4. The summed E-state index contributed by atoms with van der Waals surface area (Å²) in [6.07, 6.45) is -2.70. The minimum atomic E-state index is -4.51. The first-order valence-corrected chi connectivity index (χ1v) is 9.09. The Morgan fingerprint density at radius 1 is 1.11 bits per heavy atom. The number of anilines is 1. The number of nitrogens with zero attached hydrogens (tertiary/aromatic N) is 4. The fourth-order valence-electron chi connectivity index (χ4n) is 3.53. The molecule has 2 aromatic rings. The number of alkyl halides is 3. The number of benzene rings is 1. The number of halogens is 3. The Labute approximate surface area is 159 Å². The maximum atomic E-state index is 12.8. The van der Waals surface area contributed by atoms with Gasteiger partial charge in [0.05, 0.1) is 0 Å². The Bertz CT molecular complexity index is 866. The quantitative estimate of drug-likeness (QED) is 0.786. The SMILES string of the molecule is O=C(C1CCc2ccccc2O1)N1CCN(c2cc(C(F)(F)F)ncn2)CC1. The lowest BCUT2D eigenvalue weighted by Crippen LogP contribution is -2.53. The Hall–Kier alpha value is -2.84. The number of piperazine rings is 1. The molecule has 2 aliphatic rings. The smallest absolute Gasteiger partial charge is 0.433 e. The average Bonchev–Trinajstić information content (AvgIpc) is 2.72. The van der Waals surface area contributed by atoms with Crippen LogP contribution in [0, 0.1) is 0 Å². The zero-order valence-corrected chi connectivity index (χ0v) is 15.0. The van der Waals surface area contributed by atoms with Crippen LogP contribution < -0.4 is 9.64 Å². The highest BCUT2D eigenvalue weighted by atomic mass is 19.4. The number of rotatable bonds is 2. The van der Waals surface area contributed by atoms with E-state index in [1.54, 1.807) is 9.80 Å². The van der Waals surface area contributed by atoms with Crippen molar-refractivity contribution < 1.29 is 22.7 Å². The second-order valence-electron chi connectivity index (χ2n) is 6.82. The third-order valence-corrected chi connectivity index (χ3v) is 5.05. The van der Waals surface area contributed by atoms with E-state index >= 15 is 0 Å². The summed E-state index contributed by atoms with van der Waals surface area (Å²) in [7, 11) is 0. The van der Waals surface area contributed by atoms with Crippen LogP contribution in [0.25, 0.3) is 0 Å². The Morgan fingerprint density at radius 2 is 1.86 bits per heavy atom. The molecule has 28 heavy (non-hydrogen) atoms. The number of hydrogen-bond donors (Lipinski definition) is 0. The van der Waals surface area contributed by atoms with Crippen LogP contribution in [0.2, 0.25) is 0 Å². The van der Waals surface area contributed by atoms with Crippen LogP contribution in [0.1, 0.15) is 17.7 Å². The first-order valence-electron chi connectivity index (χ1n) is 9.09. The van der Waals surface area contributed by atoms with E-state index in [4.69, 9.17) is 4.74 Å². The maximum Gasteiger partial charge on any atom is 0.433 e. The number of ether oxygens (including phenoxy) is 1. The van der Waals surface area contributed by atoms with Crippen molar-refractivity contribution in [2.24, 2.45) is 0 Å². The zero-order chi connectivity index (χ0) is 19.7. The summed E-state index contributed by atoms with van der Waals surface area (Å²) in [5, 5.41) is 0. The number of amides is 1. The van der Waals surface area contributed by atoms with Gasteiger partial charge in [0.15, 0.2) is 6.10 Å². The van der Waals surface area contributed by atoms with Crippen molar-refractivity contribution >= 4 is 11.7 Å². The summed E-state index contributed by atoms with van der Waals surface area (Å²) in [6.45, 7) is 1.63. The molecule has 1 unspecified atom stereocenters. The molecule has 1 saturated heterocycles. The summed E-state index contributed by atoms with van der Waals surface area (Å²) < 4.78 is 44.4. The molecule has 0 aliphatic carbocycles. The fraction of sp³-hybridized carbons (Fsp3) is 0.421. The molecule has 1 aromatic carbocycles. The van der Waals surface area contributed by atoms with Crippen LogP contribution >= 0.6 is 0 Å². The molecule has 1 fully saturated rings. The Morgan fingerprint density at radius 3 is 2.61 bits per heavy atom. The van der Waals surface area contributed by atoms with E-state index in [2.05, 4.69) is 9.97 Å². The van der Waals surface area contributed by atoms with Gasteiger partial charge in [-0.25, -0.2) is 9.97 Å². The van der Waals surface area contributed by atoms with E-state index in [-0.39, 0.29) is 11.7 Å². The van der Waals surface area contributed by atoms with Gasteiger partial charge in [0.25, 0.3) is 5.91 Å². The monoisotopic (exact) mass is 392 g/mol. The Kier molecular flexibility index (Phi) is 4.82. The highest BCUT2D eigenvalue weighted by Gasteiger charge is 2.34. The van der Waals surface area contributed by atoms with E-state index in [0.29, 0.717) is 32.6 Å². The molecule has 0 radical (unpaired) electrons. The molecule has 1 atom stereocenters. The lowest BCUT2D eigenvalue weighted by molar-refractivity contribution is -0.141. The summed E-state index contributed by atoms with van der Waals surface area (Å²) in [5.74, 6) is 0.886. The highest BCUT2D eigenvalue weighted by molar-refractivity contribution is 5.82. The Balaban J connectivity index is 1.38. The van der Waals surface area contributed by atoms with Crippen LogP contribution in [-0.2, 0) is 17.4 Å². The summed E-state index contributed by atoms with van der Waals surface area (Å²) in [6, 6.07) is 8.62. The average molecular weight is 392 g/mol. The maximum absolute atomic E-state index is 12.8. The van der Waals surface area contributed by atoms with Gasteiger partial charge < -0.3 is 14.5 Å². The van der Waals surface area contributed by atoms with Crippen molar-refractivity contribution in [3.05, 3.63) is 47.9 Å². The lowest BCUT2D eigenvalue weighted by Gasteiger charge is -2.37. The second kappa shape index (κ2) is 7.29. The van der Waals surface area contributed by atoms with Crippen molar-refractivity contribution in [2.75, 3.05) is 31.1 Å². The van der Waals surface area contributed by atoms with Crippen LogP contribution in [-0.4, -0.2) is 53.1 Å². The molecule has 1 aromatic heterocycles. The molecule has 0 bridgehead atoms. The number of para-hydroxylation sites is 1. The van der Waals surface area contributed by atoms with Crippen molar-refractivity contribution in [3.8, 4) is 5.75 Å². The molecule has 1 amide bonds. The normalized spacial score (nSPS) is 19.8. The van der Waals surface area contributed by atoms with Crippen LogP contribution in [0.3, 0.4) is 0 Å². The van der Waals surface area contributed by atoms with Gasteiger partial charge in [-0.2, -0.15) is 13.2 Å². The third kappa shape index (κ3) is 3.74. The minimum absolute atomic E-state index is 0.0761. The van der Waals surface area contributed by atoms with Crippen LogP contribution in [0.4, 0.5) is 19.0 Å². The van der Waals surface area contributed by atoms with E-state index in [1.165, 1.54) is 0 Å². The molecule has 0 spiro atoms. The predicted octanol–water partition coefficient (Wildman–Crippen LogP) is 2.54. The molecule has 148 valence electrons. The van der Waals surface area contributed by atoms with E-state index < -0.39 is 18.0 Å². The minimum Gasteiger partial charge on any atom is -0.480 e. The van der Waals surface area contributed by atoms with Gasteiger partial charge in [-0.15, -0.1) is 0 Å². The molecule has 2 aliphatic heterocycles. The number of carbonyl (C=O) groups is 1. The predicted molar refractivity (Wildman–Crippen MR) is 95.0 cm³/mol. The lowest BCUT2D eigenvalue weighted by atomic mass is 10.0. The van der Waals surface area contributed by atoms with Gasteiger partial charge in [-0.05, 0) is 24.5 Å². The topological polar surface area (TPSA) is 58.6 Å². The molecular formula is C19H19F3N4O2. The summed E-state index contributed by atoms with van der Waals surface area (Å²) in [5.41, 5.74) is 0.130. The summed E-state index contributed by atoms with van der Waals surface area (Å²) >= 11 is 0. The fourth-order valence-corrected chi connectivity index (χ4v) is 3.53. The molecule has 9 heteroatoms. The van der Waals surface area contributed by atoms with Crippen LogP contribution in [0.15, 0.2) is 36.7 Å². The van der Waals surface area contributed by atoms with Crippen molar-refractivity contribution in [1.82, 2.24) is 14.9 Å². The van der Waals surface area contributed by atoms with E-state index in [1.807, 2.05) is 24.3 Å². The summed E-state index contributed by atoms with van der Waals surface area (Å²) in [4.78, 5) is 23.5. The number of carbonyl (C=O) groups excluding carboxylic acids is 1. The molecule has 0 saturated carbocycles. The number of aryl methyl sites for hydroxylation is 1. The second-order valence-corrected chi connectivity index (χ2v) is 6.82. The number of hydrogen-bond acceptors (Lipinski definition) is 5. The van der Waals surface area contributed by atoms with Gasteiger partial charge in [0.2, 0.25) is 0 Å². The van der Waals surface area contributed by atoms with E-state index in [0.717, 1.165) is 30.1 Å². The standard InChI is InChI=1S/C19H19F3N4O2/c20-19(21,22)16-11-17(24-12-23-16)25-7-9-26(10-8-25)18(27)15-6-5-13-3-1-2-4-14(13)28-15/h1-4,11-12,15H,5-10H2. The number of aromatic nitrogens is 2. The number of fused-ring (bicyclic) bond motifs is 1. The van der Waals surface area contributed by atoms with Gasteiger partial charge in [-0.3, -0.25) is 4.79 Å². The van der Waals surface area contributed by atoms with Crippen molar-refractivity contribution in [2.45, 2.75) is 25.1 Å². The largest absolute Gasteiger partial charge is 0.480 e. The highest BCUT2D eigenvalue weighted by Crippen LogP contribution is 2.30. The molecule has 4 rings (SSSR count). The molecule has 3 heterocycles. The van der Waals surface area contributed by atoms with Gasteiger partial charge in [-0.1, -0.05) is 18.2 Å². The van der Waals surface area contributed by atoms with Gasteiger partial charge in [0.1, 0.15) is 23.6 Å². The molecule has 6 nitrogen and oxygen atoms in total. The van der Waals surface area contributed by atoms with Gasteiger partial charge in [0, 0.05) is 32.2 Å². The first kappa shape index (κ1) is 18.5. The van der Waals surface area contributed by atoms with Gasteiger partial charge >= 0.3 is 6.18 Å².